The third-order valence-electron chi connectivity index (χ3n) is 1.48. The molecule has 0 fully saturated rings. The number of nitrogens with zero attached hydrogens (tertiary/aromatic N) is 3. The van der Waals surface area contributed by atoms with Crippen molar-refractivity contribution in [2.75, 3.05) is 0 Å². The number of fused-ring (bicyclic) bond motifs is 1. The number of aromatic nitrogens is 3. The van der Waals surface area contributed by atoms with Gasteiger partial charge in [-0.15, -0.1) is 0 Å². The summed E-state index contributed by atoms with van der Waals surface area (Å²) in [6.45, 7) is 1.87. The molecule has 56 valence electrons. The monoisotopic (exact) mass is 211 g/mol. The van der Waals surface area contributed by atoms with E-state index in [1.807, 2.05) is 19.2 Å². The molecule has 0 saturated carbocycles. The fraction of sp³-hybridized carbons (Fsp3) is 0.143. The summed E-state index contributed by atoms with van der Waals surface area (Å²) < 4.78 is 2.82. The molecular formula is C7H6BrN3. The molecule has 2 aromatic rings. The topological polar surface area (TPSA) is 30.2 Å². The first-order chi connectivity index (χ1) is 5.27. The molecule has 0 radical (unpaired) electrons. The van der Waals surface area contributed by atoms with Gasteiger partial charge in [0.05, 0.1) is 11.7 Å². The molecule has 0 saturated heterocycles. The summed E-state index contributed by atoms with van der Waals surface area (Å²) in [5.41, 5.74) is 0.996. The van der Waals surface area contributed by atoms with E-state index < -0.39 is 0 Å². The van der Waals surface area contributed by atoms with Gasteiger partial charge in [0, 0.05) is 10.7 Å². The first-order valence-corrected chi connectivity index (χ1v) is 4.03. The lowest BCUT2D eigenvalue weighted by molar-refractivity contribution is 0.856. The first-order valence-electron chi connectivity index (χ1n) is 3.24. The Morgan fingerprint density at radius 3 is 3.18 bits per heavy atom. The Labute approximate surface area is 72.2 Å². The Hall–Kier alpha value is -0.900. The van der Waals surface area contributed by atoms with Crippen LogP contribution in [-0.4, -0.2) is 14.6 Å². The van der Waals surface area contributed by atoms with E-state index in [0.29, 0.717) is 0 Å². The second-order valence-corrected chi connectivity index (χ2v) is 3.15. The Balaban J connectivity index is 2.86. The molecule has 0 atom stereocenters. The van der Waals surface area contributed by atoms with Crippen LogP contribution < -0.4 is 0 Å². The average molecular weight is 212 g/mol. The molecule has 2 aromatic heterocycles. The van der Waals surface area contributed by atoms with Crippen molar-refractivity contribution in [3.63, 3.8) is 0 Å². The highest BCUT2D eigenvalue weighted by atomic mass is 79.9. The zero-order valence-corrected chi connectivity index (χ0v) is 7.54. The minimum absolute atomic E-state index is 0.778. The molecule has 2 rings (SSSR count). The Kier molecular flexibility index (Phi) is 1.42. The van der Waals surface area contributed by atoms with Crippen LogP contribution in [0.1, 0.15) is 5.82 Å². The third-order valence-corrected chi connectivity index (χ3v) is 2.15. The summed E-state index contributed by atoms with van der Waals surface area (Å²) in [5, 5.41) is 4.17. The van der Waals surface area contributed by atoms with E-state index in [4.69, 9.17) is 0 Å². The van der Waals surface area contributed by atoms with Crippen molar-refractivity contribution in [1.82, 2.24) is 14.6 Å². The van der Waals surface area contributed by atoms with E-state index in [-0.39, 0.29) is 0 Å². The van der Waals surface area contributed by atoms with Crippen molar-refractivity contribution in [3.05, 3.63) is 28.8 Å². The zero-order chi connectivity index (χ0) is 7.84. The molecule has 0 aliphatic heterocycles. The molecule has 0 N–H and O–H groups in total. The van der Waals surface area contributed by atoms with Crippen LogP contribution in [0.5, 0.6) is 0 Å². The zero-order valence-electron chi connectivity index (χ0n) is 5.95. The number of rotatable bonds is 0. The van der Waals surface area contributed by atoms with Crippen LogP contribution in [-0.2, 0) is 0 Å². The van der Waals surface area contributed by atoms with Gasteiger partial charge in [0.1, 0.15) is 5.82 Å². The third kappa shape index (κ3) is 1.03. The van der Waals surface area contributed by atoms with Gasteiger partial charge < -0.3 is 0 Å². The quantitative estimate of drug-likeness (QED) is 0.666. The first kappa shape index (κ1) is 6.79. The van der Waals surface area contributed by atoms with Gasteiger partial charge in [0.25, 0.3) is 0 Å². The number of halogens is 1. The van der Waals surface area contributed by atoms with E-state index in [1.165, 1.54) is 0 Å². The van der Waals surface area contributed by atoms with Crippen LogP contribution in [0.2, 0.25) is 0 Å². The molecular weight excluding hydrogens is 206 g/mol. The number of hydrogen-bond donors (Lipinski definition) is 0. The maximum Gasteiger partial charge on any atom is 0.146 e. The average Bonchev–Trinajstić information content (AvgIpc) is 2.32. The van der Waals surface area contributed by atoms with Gasteiger partial charge >= 0.3 is 0 Å². The summed E-state index contributed by atoms with van der Waals surface area (Å²) in [7, 11) is 0. The molecule has 2 heterocycles. The maximum absolute atomic E-state index is 4.17. The van der Waals surface area contributed by atoms with Gasteiger partial charge in [-0.3, -0.25) is 0 Å². The van der Waals surface area contributed by atoms with E-state index >= 15 is 0 Å². The van der Waals surface area contributed by atoms with Crippen LogP contribution in [0.4, 0.5) is 0 Å². The molecule has 4 heteroatoms. The molecule has 11 heavy (non-hydrogen) atoms. The van der Waals surface area contributed by atoms with Crippen molar-refractivity contribution < 1.29 is 0 Å². The van der Waals surface area contributed by atoms with Gasteiger partial charge in [0.2, 0.25) is 0 Å². The number of hydrogen-bond acceptors (Lipinski definition) is 2. The Morgan fingerprint density at radius 1 is 1.55 bits per heavy atom. The summed E-state index contributed by atoms with van der Waals surface area (Å²) >= 11 is 3.39. The summed E-state index contributed by atoms with van der Waals surface area (Å²) in [6.07, 6.45) is 3.69. The molecule has 0 aliphatic rings. The molecule has 0 bridgehead atoms. The highest BCUT2D eigenvalue weighted by Gasteiger charge is 1.99. The van der Waals surface area contributed by atoms with E-state index in [1.54, 1.807) is 10.7 Å². The van der Waals surface area contributed by atoms with Crippen molar-refractivity contribution in [2.45, 2.75) is 6.92 Å². The predicted octanol–water partition coefficient (Wildman–Crippen LogP) is 1.80. The molecule has 0 spiro atoms. The summed E-state index contributed by atoms with van der Waals surface area (Å²) in [6, 6.07) is 1.95. The maximum atomic E-state index is 4.17. The molecule has 3 nitrogen and oxygen atoms in total. The van der Waals surface area contributed by atoms with Crippen LogP contribution in [0.3, 0.4) is 0 Å². The van der Waals surface area contributed by atoms with Crippen molar-refractivity contribution in [1.29, 1.82) is 0 Å². The van der Waals surface area contributed by atoms with E-state index in [9.17, 15) is 0 Å². The van der Waals surface area contributed by atoms with Crippen LogP contribution >= 0.6 is 15.9 Å². The highest BCUT2D eigenvalue weighted by Crippen LogP contribution is 2.16. The van der Waals surface area contributed by atoms with Gasteiger partial charge in [-0.25, -0.2) is 9.50 Å². The lowest BCUT2D eigenvalue weighted by Gasteiger charge is -1.93. The van der Waals surface area contributed by atoms with Gasteiger partial charge in [0.15, 0.2) is 0 Å². The Morgan fingerprint density at radius 2 is 2.36 bits per heavy atom. The van der Waals surface area contributed by atoms with Crippen LogP contribution in [0.15, 0.2) is 22.9 Å². The standard InChI is InChI=1S/C7H6BrN3/c1-5-9-4-7-6(8)2-3-11(7)10-5/h2-4H,1H3. The van der Waals surface area contributed by atoms with E-state index in [0.717, 1.165) is 15.8 Å². The molecule has 0 amide bonds. The van der Waals surface area contributed by atoms with Gasteiger partial charge in [-0.1, -0.05) is 0 Å². The normalized spacial score (nSPS) is 10.7. The summed E-state index contributed by atoms with van der Waals surface area (Å²) in [4.78, 5) is 4.08. The van der Waals surface area contributed by atoms with Crippen molar-refractivity contribution in [2.24, 2.45) is 0 Å². The SMILES string of the molecule is Cc1ncc2c(Br)ccn2n1. The van der Waals surface area contributed by atoms with Crippen molar-refractivity contribution >= 4 is 21.4 Å². The van der Waals surface area contributed by atoms with Crippen LogP contribution in [0, 0.1) is 6.92 Å². The van der Waals surface area contributed by atoms with E-state index in [2.05, 4.69) is 26.0 Å². The van der Waals surface area contributed by atoms with Crippen molar-refractivity contribution in [3.8, 4) is 0 Å². The molecule has 0 aromatic carbocycles. The Bertz CT molecular complexity index is 393. The highest BCUT2D eigenvalue weighted by molar-refractivity contribution is 9.10. The van der Waals surface area contributed by atoms with Gasteiger partial charge in [-0.05, 0) is 28.9 Å². The molecule has 0 unspecified atom stereocenters. The van der Waals surface area contributed by atoms with Crippen LogP contribution in [0.25, 0.3) is 5.52 Å². The lowest BCUT2D eigenvalue weighted by atomic mass is 10.5. The second-order valence-electron chi connectivity index (χ2n) is 2.30. The fourth-order valence-electron chi connectivity index (χ4n) is 0.955. The predicted molar refractivity (Wildman–Crippen MR) is 45.4 cm³/mol. The summed E-state index contributed by atoms with van der Waals surface area (Å²) in [5.74, 6) is 0.778. The fourth-order valence-corrected chi connectivity index (χ4v) is 1.36. The minimum atomic E-state index is 0.778. The van der Waals surface area contributed by atoms with Gasteiger partial charge in [-0.2, -0.15) is 5.10 Å². The smallest absolute Gasteiger partial charge is 0.146 e. The molecule has 0 aliphatic carbocycles. The minimum Gasteiger partial charge on any atom is -0.238 e. The largest absolute Gasteiger partial charge is 0.238 e. The lowest BCUT2D eigenvalue weighted by Crippen LogP contribution is -1.94. The second kappa shape index (κ2) is 2.30. The number of aryl methyl sites for hydroxylation is 1.